The van der Waals surface area contributed by atoms with E-state index in [1.807, 2.05) is 24.3 Å². The molecule has 1 aliphatic rings. The second-order valence-electron chi connectivity index (χ2n) is 8.04. The molecule has 4 rings (SSSR count). The molecule has 1 aliphatic heterocycles. The molecule has 1 atom stereocenters. The van der Waals surface area contributed by atoms with Crippen molar-refractivity contribution in [1.29, 1.82) is 0 Å². The van der Waals surface area contributed by atoms with Crippen molar-refractivity contribution < 1.29 is 28.1 Å². The zero-order valence-corrected chi connectivity index (χ0v) is 18.1. The van der Waals surface area contributed by atoms with Crippen molar-refractivity contribution in [2.24, 2.45) is 0 Å². The van der Waals surface area contributed by atoms with E-state index in [1.165, 1.54) is 6.33 Å². The Morgan fingerprint density at radius 3 is 2.73 bits per heavy atom. The largest absolute Gasteiger partial charge is 0.492 e. The molecule has 0 bridgehead atoms. The van der Waals surface area contributed by atoms with Gasteiger partial charge in [-0.15, -0.1) is 0 Å². The number of aromatic nitrogens is 3. The third-order valence-electron chi connectivity index (χ3n) is 5.14. The third-order valence-corrected chi connectivity index (χ3v) is 5.14. The van der Waals surface area contributed by atoms with Crippen LogP contribution in [0.25, 0.3) is 0 Å². The van der Waals surface area contributed by atoms with Crippen LogP contribution in [0.3, 0.4) is 0 Å². The first-order valence-corrected chi connectivity index (χ1v) is 10.6. The van der Waals surface area contributed by atoms with Crippen LogP contribution in [0.2, 0.25) is 0 Å². The maximum Gasteiger partial charge on any atom is 0.137 e. The zero-order chi connectivity index (χ0) is 23.1. The smallest absolute Gasteiger partial charge is 0.137 e. The molecule has 1 unspecified atom stereocenters. The number of aliphatic hydroxyl groups is 1. The second-order valence-corrected chi connectivity index (χ2v) is 8.04. The lowest BCUT2D eigenvalue weighted by Crippen LogP contribution is -2.48. The number of benzene rings is 2. The van der Waals surface area contributed by atoms with Crippen molar-refractivity contribution in [3.8, 4) is 11.5 Å². The molecule has 1 fully saturated rings. The van der Waals surface area contributed by atoms with E-state index in [-0.39, 0.29) is 25.5 Å². The van der Waals surface area contributed by atoms with Gasteiger partial charge in [0, 0.05) is 37.8 Å². The predicted octanol–water partition coefficient (Wildman–Crippen LogP) is 2.28. The number of hydrogen-bond donors (Lipinski definition) is 1. The molecule has 3 aromatic rings. The summed E-state index contributed by atoms with van der Waals surface area (Å²) in [5.41, 5.74) is -0.309. The second kappa shape index (κ2) is 10.7. The Kier molecular flexibility index (Phi) is 7.48. The van der Waals surface area contributed by atoms with E-state index in [2.05, 4.69) is 15.0 Å². The number of ether oxygens (including phenoxy) is 3. The summed E-state index contributed by atoms with van der Waals surface area (Å²) in [6, 6.07) is 10.7. The lowest BCUT2D eigenvalue weighted by molar-refractivity contribution is -0.0647. The molecule has 0 radical (unpaired) electrons. The molecule has 1 aromatic heterocycles. The molecule has 1 N–H and O–H groups in total. The SMILES string of the molecule is OC1(COc2cc(F)cc(F)c2)COCCN(Cc2cccc(OCCn3cncn3)c2)C1. The fourth-order valence-corrected chi connectivity index (χ4v) is 3.65. The topological polar surface area (TPSA) is 81.9 Å². The van der Waals surface area contributed by atoms with E-state index in [0.717, 1.165) is 29.5 Å². The van der Waals surface area contributed by atoms with Gasteiger partial charge >= 0.3 is 0 Å². The maximum atomic E-state index is 13.4. The van der Waals surface area contributed by atoms with Crippen LogP contribution in [0.1, 0.15) is 5.56 Å². The standard InChI is InChI=1S/C23H26F2N4O4/c24-19-9-20(25)11-22(10-19)33-15-23(30)13-28(4-6-31-14-23)12-18-2-1-3-21(8-18)32-7-5-29-17-26-16-27-29/h1-3,8-11,16-17,30H,4-7,12-15H2. The van der Waals surface area contributed by atoms with E-state index in [1.54, 1.807) is 11.0 Å². The summed E-state index contributed by atoms with van der Waals surface area (Å²) >= 11 is 0. The quantitative estimate of drug-likeness (QED) is 0.525. The van der Waals surface area contributed by atoms with Crippen LogP contribution in [-0.4, -0.2) is 69.9 Å². The summed E-state index contributed by atoms with van der Waals surface area (Å²) in [6.07, 6.45) is 3.12. The van der Waals surface area contributed by atoms with Gasteiger partial charge in [0.05, 0.1) is 19.8 Å². The highest BCUT2D eigenvalue weighted by Crippen LogP contribution is 2.21. The predicted molar refractivity (Wildman–Crippen MR) is 115 cm³/mol. The molecular weight excluding hydrogens is 434 g/mol. The molecule has 0 saturated carbocycles. The minimum atomic E-state index is -1.33. The lowest BCUT2D eigenvalue weighted by atomic mass is 10.1. The summed E-state index contributed by atoms with van der Waals surface area (Å²) in [5, 5.41) is 15.1. The molecular formula is C23H26F2N4O4. The summed E-state index contributed by atoms with van der Waals surface area (Å²) in [6.45, 7) is 2.88. The number of rotatable bonds is 9. The van der Waals surface area contributed by atoms with Crippen molar-refractivity contribution in [3.05, 3.63) is 72.3 Å². The van der Waals surface area contributed by atoms with Crippen LogP contribution in [0.5, 0.6) is 11.5 Å². The van der Waals surface area contributed by atoms with E-state index >= 15 is 0 Å². The highest BCUT2D eigenvalue weighted by atomic mass is 19.1. The average Bonchev–Trinajstić information content (AvgIpc) is 3.22. The van der Waals surface area contributed by atoms with Crippen LogP contribution in [0.4, 0.5) is 8.78 Å². The van der Waals surface area contributed by atoms with Gasteiger partial charge in [0.1, 0.15) is 54.6 Å². The molecule has 2 heterocycles. The molecule has 8 nitrogen and oxygen atoms in total. The van der Waals surface area contributed by atoms with Gasteiger partial charge in [0.15, 0.2) is 0 Å². The fraction of sp³-hybridized carbons (Fsp3) is 0.391. The van der Waals surface area contributed by atoms with Gasteiger partial charge in [0.25, 0.3) is 0 Å². The number of halogens is 2. The molecule has 176 valence electrons. The number of nitrogens with zero attached hydrogens (tertiary/aromatic N) is 4. The Hall–Kier alpha value is -3.08. The van der Waals surface area contributed by atoms with Gasteiger partial charge in [-0.1, -0.05) is 12.1 Å². The van der Waals surface area contributed by atoms with Crippen LogP contribution in [-0.2, 0) is 17.8 Å². The Morgan fingerprint density at radius 2 is 1.94 bits per heavy atom. The van der Waals surface area contributed by atoms with E-state index in [0.29, 0.717) is 32.8 Å². The third kappa shape index (κ3) is 6.95. The van der Waals surface area contributed by atoms with Gasteiger partial charge in [-0.05, 0) is 17.7 Å². The summed E-state index contributed by atoms with van der Waals surface area (Å²) < 4.78 is 45.4. The van der Waals surface area contributed by atoms with Crippen molar-refractivity contribution in [3.63, 3.8) is 0 Å². The Labute approximate surface area is 190 Å². The van der Waals surface area contributed by atoms with Gasteiger partial charge in [0.2, 0.25) is 0 Å². The monoisotopic (exact) mass is 460 g/mol. The molecule has 2 aromatic carbocycles. The molecule has 10 heteroatoms. The first kappa shape index (κ1) is 23.1. The number of β-amino-alcohol motifs (C(OH)–C–C–N with tert-alkyl or cyclic N) is 1. The van der Waals surface area contributed by atoms with Crippen molar-refractivity contribution >= 4 is 0 Å². The average molecular weight is 460 g/mol. The van der Waals surface area contributed by atoms with E-state index in [9.17, 15) is 13.9 Å². The fourth-order valence-electron chi connectivity index (χ4n) is 3.65. The van der Waals surface area contributed by atoms with Crippen molar-refractivity contribution in [2.45, 2.75) is 18.7 Å². The zero-order valence-electron chi connectivity index (χ0n) is 18.1. The van der Waals surface area contributed by atoms with Crippen LogP contribution in [0, 0.1) is 11.6 Å². The highest BCUT2D eigenvalue weighted by Gasteiger charge is 2.33. The maximum absolute atomic E-state index is 13.4. The van der Waals surface area contributed by atoms with Crippen LogP contribution in [0.15, 0.2) is 55.1 Å². The molecule has 0 spiro atoms. The van der Waals surface area contributed by atoms with E-state index in [4.69, 9.17) is 14.2 Å². The minimum absolute atomic E-state index is 0.0208. The first-order valence-electron chi connectivity index (χ1n) is 10.6. The van der Waals surface area contributed by atoms with Gasteiger partial charge in [-0.2, -0.15) is 5.10 Å². The van der Waals surface area contributed by atoms with Gasteiger partial charge < -0.3 is 19.3 Å². The molecule has 0 aliphatic carbocycles. The summed E-state index contributed by atoms with van der Waals surface area (Å²) in [4.78, 5) is 5.95. The highest BCUT2D eigenvalue weighted by molar-refractivity contribution is 5.28. The summed E-state index contributed by atoms with van der Waals surface area (Å²) in [7, 11) is 0. The first-order chi connectivity index (χ1) is 16.0. The van der Waals surface area contributed by atoms with E-state index < -0.39 is 17.2 Å². The molecule has 0 amide bonds. The Bertz CT molecular complexity index is 1020. The normalized spacial score (nSPS) is 19.2. The number of hydrogen-bond acceptors (Lipinski definition) is 7. The van der Waals surface area contributed by atoms with Crippen molar-refractivity contribution in [2.75, 3.05) is 39.5 Å². The van der Waals surface area contributed by atoms with Crippen LogP contribution < -0.4 is 9.47 Å². The van der Waals surface area contributed by atoms with Crippen LogP contribution >= 0.6 is 0 Å². The summed E-state index contributed by atoms with van der Waals surface area (Å²) in [5.74, 6) is -0.712. The van der Waals surface area contributed by atoms with Crippen molar-refractivity contribution in [1.82, 2.24) is 19.7 Å². The minimum Gasteiger partial charge on any atom is -0.492 e. The van der Waals surface area contributed by atoms with Gasteiger partial charge in [-0.3, -0.25) is 4.90 Å². The Morgan fingerprint density at radius 1 is 1.09 bits per heavy atom. The molecule has 1 saturated heterocycles. The molecule has 33 heavy (non-hydrogen) atoms. The van der Waals surface area contributed by atoms with Gasteiger partial charge in [-0.25, -0.2) is 18.4 Å². The lowest BCUT2D eigenvalue weighted by Gasteiger charge is -2.30. The Balaban J connectivity index is 1.33.